The zero-order valence-corrected chi connectivity index (χ0v) is 11.1. The van der Waals surface area contributed by atoms with Gasteiger partial charge in [0, 0.05) is 0 Å². The minimum atomic E-state index is -1.90. The van der Waals surface area contributed by atoms with Crippen LogP contribution in [0.15, 0.2) is 0 Å². The molecule has 1 atom stereocenters. The summed E-state index contributed by atoms with van der Waals surface area (Å²) in [5.74, 6) is -5.51. The number of nitrogens with one attached hydrogen (secondary N) is 1. The number of carbonyl (C=O) groups is 5. The van der Waals surface area contributed by atoms with E-state index in [4.69, 9.17) is 22.3 Å². The number of carboxylic acid groups (broad SMARTS) is 1. The Kier molecular flexibility index (Phi) is 7.75. The van der Waals surface area contributed by atoms with Crippen molar-refractivity contribution in [1.29, 1.82) is 0 Å². The Morgan fingerprint density at radius 3 is 1.76 bits per heavy atom. The molecule has 0 aromatic carbocycles. The monoisotopic (exact) mass is 303 g/mol. The number of nitrogens with two attached hydrogens (primary N) is 3. The summed E-state index contributed by atoms with van der Waals surface area (Å²) in [6, 6.07) is -1.90. The minimum absolute atomic E-state index is 0.298. The Labute approximate surface area is 119 Å². The first kappa shape index (κ1) is 18.6. The van der Waals surface area contributed by atoms with E-state index in [-0.39, 0.29) is 0 Å². The van der Waals surface area contributed by atoms with Crippen LogP contribution in [-0.2, 0) is 24.0 Å². The van der Waals surface area contributed by atoms with Crippen molar-refractivity contribution in [3.05, 3.63) is 0 Å². The van der Waals surface area contributed by atoms with Crippen LogP contribution < -0.4 is 22.5 Å². The molecule has 11 nitrogen and oxygen atoms in total. The Bertz CT molecular complexity index is 435. The van der Waals surface area contributed by atoms with Crippen molar-refractivity contribution in [2.45, 2.75) is 6.04 Å². The van der Waals surface area contributed by atoms with Gasteiger partial charge in [-0.1, -0.05) is 0 Å². The van der Waals surface area contributed by atoms with Gasteiger partial charge in [-0.15, -0.1) is 0 Å². The lowest BCUT2D eigenvalue weighted by Crippen LogP contribution is -2.60. The molecule has 21 heavy (non-hydrogen) atoms. The van der Waals surface area contributed by atoms with Crippen LogP contribution in [0.3, 0.4) is 0 Å². The number of carbonyl (C=O) groups excluding carboxylic acids is 4. The van der Waals surface area contributed by atoms with Gasteiger partial charge in [-0.2, -0.15) is 0 Å². The largest absolute Gasteiger partial charge is 0.480 e. The van der Waals surface area contributed by atoms with Crippen LogP contribution in [-0.4, -0.2) is 71.7 Å². The number of Topliss-reactive ketones (excluding diaryl/α,β-unsaturated/α-hetero) is 1. The fourth-order valence-electron chi connectivity index (χ4n) is 1.40. The number of amides is 3. The van der Waals surface area contributed by atoms with E-state index in [1.54, 1.807) is 0 Å². The van der Waals surface area contributed by atoms with Crippen LogP contribution in [0.1, 0.15) is 0 Å². The summed E-state index contributed by atoms with van der Waals surface area (Å²) in [6.07, 6.45) is 0. The summed E-state index contributed by atoms with van der Waals surface area (Å²) in [4.78, 5) is 57.6. The predicted molar refractivity (Wildman–Crippen MR) is 68.5 cm³/mol. The average Bonchev–Trinajstić information content (AvgIpc) is 2.47. The normalized spacial score (nSPS) is 11.4. The van der Waals surface area contributed by atoms with Gasteiger partial charge in [0.25, 0.3) is 5.91 Å². The van der Waals surface area contributed by atoms with E-state index in [2.05, 4.69) is 0 Å². The summed E-state index contributed by atoms with van der Waals surface area (Å²) in [5.41, 5.74) is 15.4. The Hall–Kier alpha value is -2.37. The van der Waals surface area contributed by atoms with Gasteiger partial charge in [-0.05, 0) is 0 Å². The molecule has 0 spiro atoms. The topological polar surface area (TPSA) is 199 Å². The van der Waals surface area contributed by atoms with Crippen LogP contribution in [0.25, 0.3) is 0 Å². The van der Waals surface area contributed by atoms with Crippen molar-refractivity contribution in [3.63, 3.8) is 0 Å². The van der Waals surface area contributed by atoms with Gasteiger partial charge in [-0.25, -0.2) is 0 Å². The number of imide groups is 1. The number of hydrogen-bond acceptors (Lipinski definition) is 8. The lowest BCUT2D eigenvalue weighted by atomic mass is 10.1. The highest BCUT2D eigenvalue weighted by atomic mass is 16.4. The van der Waals surface area contributed by atoms with Gasteiger partial charge in [0.1, 0.15) is 6.54 Å². The molecule has 118 valence electrons. The van der Waals surface area contributed by atoms with Crippen molar-refractivity contribution >= 4 is 29.5 Å². The molecule has 11 heteroatoms. The van der Waals surface area contributed by atoms with Gasteiger partial charge < -0.3 is 27.6 Å². The number of nitrogens with zero attached hydrogens (tertiary/aromatic N) is 1. The molecule has 0 radical (unpaired) electrons. The molecule has 0 heterocycles. The van der Waals surface area contributed by atoms with Crippen LogP contribution >= 0.6 is 0 Å². The molecule has 0 bridgehead atoms. The molecule has 0 aromatic rings. The van der Waals surface area contributed by atoms with Crippen molar-refractivity contribution < 1.29 is 29.1 Å². The van der Waals surface area contributed by atoms with Crippen molar-refractivity contribution in [2.24, 2.45) is 17.2 Å². The lowest BCUT2D eigenvalue weighted by Gasteiger charge is -2.27. The number of aliphatic carboxylic acids is 1. The highest BCUT2D eigenvalue weighted by Gasteiger charge is 2.38. The van der Waals surface area contributed by atoms with E-state index in [0.717, 1.165) is 0 Å². The Balaban J connectivity index is 5.47. The predicted octanol–water partition coefficient (Wildman–Crippen LogP) is -4.64. The quantitative estimate of drug-likeness (QED) is 0.273. The zero-order chi connectivity index (χ0) is 16.6. The number of ketones is 1. The first-order chi connectivity index (χ1) is 9.79. The first-order valence-electron chi connectivity index (χ1n) is 5.77. The molecule has 0 rings (SSSR count). The smallest absolute Gasteiger partial charge is 0.322 e. The van der Waals surface area contributed by atoms with Gasteiger partial charge >= 0.3 is 5.97 Å². The number of hydrogen-bond donors (Lipinski definition) is 5. The second kappa shape index (κ2) is 8.73. The summed E-state index contributed by atoms with van der Waals surface area (Å²) in [7, 11) is 0. The fourth-order valence-corrected chi connectivity index (χ4v) is 1.40. The molecule has 0 aromatic heterocycles. The first-order valence-corrected chi connectivity index (χ1v) is 5.77. The molecular formula is C10H17N5O6. The van der Waals surface area contributed by atoms with E-state index in [9.17, 15) is 24.0 Å². The third-order valence-corrected chi connectivity index (χ3v) is 2.31. The van der Waals surface area contributed by atoms with Crippen molar-refractivity contribution in [3.8, 4) is 0 Å². The Morgan fingerprint density at radius 1 is 0.952 bits per heavy atom. The molecule has 0 saturated heterocycles. The van der Waals surface area contributed by atoms with Gasteiger partial charge in [0.05, 0.1) is 19.6 Å². The van der Waals surface area contributed by atoms with Crippen molar-refractivity contribution in [1.82, 2.24) is 10.2 Å². The maximum Gasteiger partial charge on any atom is 0.322 e. The second-order valence-electron chi connectivity index (χ2n) is 3.75. The average molecular weight is 303 g/mol. The van der Waals surface area contributed by atoms with E-state index in [1.807, 2.05) is 5.32 Å². The maximum atomic E-state index is 11.9. The highest BCUT2D eigenvalue weighted by molar-refractivity contribution is 6.13. The second-order valence-corrected chi connectivity index (χ2v) is 3.75. The van der Waals surface area contributed by atoms with Gasteiger partial charge in [-0.3, -0.25) is 28.9 Å². The molecule has 1 unspecified atom stereocenters. The SMILES string of the molecule is NCC(=O)C(C(=O)NCC(=O)O)N(C(=O)CN)C(=O)CN. The van der Waals surface area contributed by atoms with Crippen LogP contribution in [0.5, 0.6) is 0 Å². The van der Waals surface area contributed by atoms with Crippen LogP contribution in [0, 0.1) is 0 Å². The third kappa shape index (κ3) is 5.25. The summed E-state index contributed by atoms with van der Waals surface area (Å²) in [6.45, 7) is -2.73. The molecule has 8 N–H and O–H groups in total. The molecule has 0 aliphatic carbocycles. The van der Waals surface area contributed by atoms with Crippen molar-refractivity contribution in [2.75, 3.05) is 26.2 Å². The molecule has 3 amide bonds. The number of rotatable bonds is 8. The van der Waals surface area contributed by atoms with Crippen LogP contribution in [0.4, 0.5) is 0 Å². The van der Waals surface area contributed by atoms with Crippen LogP contribution in [0.2, 0.25) is 0 Å². The van der Waals surface area contributed by atoms with Gasteiger partial charge in [0.15, 0.2) is 11.8 Å². The molecule has 0 fully saturated rings. The zero-order valence-electron chi connectivity index (χ0n) is 11.1. The lowest BCUT2D eigenvalue weighted by molar-refractivity contribution is -0.154. The molecule has 0 saturated carbocycles. The number of carboxylic acids is 1. The van der Waals surface area contributed by atoms with E-state index < -0.39 is 61.7 Å². The molecule has 0 aliphatic heterocycles. The fraction of sp³-hybridized carbons (Fsp3) is 0.500. The summed E-state index contributed by atoms with van der Waals surface area (Å²) >= 11 is 0. The minimum Gasteiger partial charge on any atom is -0.480 e. The Morgan fingerprint density at radius 2 is 1.43 bits per heavy atom. The molecular weight excluding hydrogens is 286 g/mol. The standard InChI is InChI=1S/C10H17N5O6/c11-1-5(16)9(10(21)14-4-8(19)20)15(6(17)2-12)7(18)3-13/h9H,1-4,11-13H2,(H,14,21)(H,19,20). The van der Waals surface area contributed by atoms with E-state index >= 15 is 0 Å². The van der Waals surface area contributed by atoms with E-state index in [1.165, 1.54) is 0 Å². The maximum absolute atomic E-state index is 11.9. The summed E-state index contributed by atoms with van der Waals surface area (Å²) in [5, 5.41) is 10.4. The van der Waals surface area contributed by atoms with E-state index in [0.29, 0.717) is 4.90 Å². The summed E-state index contributed by atoms with van der Waals surface area (Å²) < 4.78 is 0. The molecule has 0 aliphatic rings. The van der Waals surface area contributed by atoms with Gasteiger partial charge in [0.2, 0.25) is 11.8 Å². The third-order valence-electron chi connectivity index (χ3n) is 2.31. The highest BCUT2D eigenvalue weighted by Crippen LogP contribution is 2.03.